The number of nitrogens with one attached hydrogen (secondary N) is 1. The van der Waals surface area contributed by atoms with Gasteiger partial charge in [0.1, 0.15) is 5.75 Å². The summed E-state index contributed by atoms with van der Waals surface area (Å²) in [7, 11) is -1.80. The number of nitrogens with two attached hydrogens (primary N) is 1. The lowest BCUT2D eigenvalue weighted by Crippen LogP contribution is -2.18. The summed E-state index contributed by atoms with van der Waals surface area (Å²) in [6.07, 6.45) is 0.626. The standard InChI is InChI=1S/C12H20N2O3S/c1-9(2)6-7-18(15,16)14-10-4-5-12(17-3)11(13)8-10/h4-5,8-9,14H,6-7,13H2,1-3H3. The summed E-state index contributed by atoms with van der Waals surface area (Å²) in [5.41, 5.74) is 6.57. The first-order chi connectivity index (χ1) is 8.34. The minimum absolute atomic E-state index is 0.108. The first-order valence-corrected chi connectivity index (χ1v) is 7.43. The van der Waals surface area contributed by atoms with Gasteiger partial charge in [0.25, 0.3) is 0 Å². The third kappa shape index (κ3) is 4.44. The zero-order valence-electron chi connectivity index (χ0n) is 10.9. The summed E-state index contributed by atoms with van der Waals surface area (Å²) in [5, 5.41) is 0. The summed E-state index contributed by atoms with van der Waals surface area (Å²) < 4.78 is 31.1. The average molecular weight is 272 g/mol. The van der Waals surface area contributed by atoms with Crippen LogP contribution in [0.5, 0.6) is 5.75 Å². The number of ether oxygens (including phenoxy) is 1. The molecule has 18 heavy (non-hydrogen) atoms. The average Bonchev–Trinajstić information content (AvgIpc) is 2.26. The smallest absolute Gasteiger partial charge is 0.232 e. The molecule has 0 saturated carbocycles. The molecule has 0 aliphatic carbocycles. The van der Waals surface area contributed by atoms with Crippen molar-refractivity contribution in [2.75, 3.05) is 23.3 Å². The second-order valence-corrected chi connectivity index (χ2v) is 6.40. The van der Waals surface area contributed by atoms with Gasteiger partial charge in [0.2, 0.25) is 10.0 Å². The number of methoxy groups -OCH3 is 1. The van der Waals surface area contributed by atoms with Crippen LogP contribution in [0.4, 0.5) is 11.4 Å². The summed E-state index contributed by atoms with van der Waals surface area (Å²) in [5.74, 6) is 0.985. The van der Waals surface area contributed by atoms with E-state index in [9.17, 15) is 8.42 Å². The van der Waals surface area contributed by atoms with Crippen LogP contribution in [0.1, 0.15) is 20.3 Å². The number of benzene rings is 1. The molecule has 0 aromatic heterocycles. The zero-order chi connectivity index (χ0) is 13.8. The Morgan fingerprint density at radius 1 is 1.39 bits per heavy atom. The number of anilines is 2. The molecule has 0 bridgehead atoms. The number of hydrogen-bond acceptors (Lipinski definition) is 4. The molecular weight excluding hydrogens is 252 g/mol. The highest BCUT2D eigenvalue weighted by Crippen LogP contribution is 2.25. The zero-order valence-corrected chi connectivity index (χ0v) is 11.8. The van der Waals surface area contributed by atoms with Gasteiger partial charge in [-0.3, -0.25) is 4.72 Å². The third-order valence-corrected chi connectivity index (χ3v) is 3.79. The molecule has 0 aliphatic rings. The highest BCUT2D eigenvalue weighted by molar-refractivity contribution is 7.92. The van der Waals surface area contributed by atoms with Gasteiger partial charge in [0, 0.05) is 0 Å². The van der Waals surface area contributed by atoms with Crippen LogP contribution in [-0.2, 0) is 10.0 Å². The molecule has 0 radical (unpaired) electrons. The van der Waals surface area contributed by atoms with E-state index in [2.05, 4.69) is 4.72 Å². The molecule has 1 aromatic carbocycles. The summed E-state index contributed by atoms with van der Waals surface area (Å²) >= 11 is 0. The molecule has 1 rings (SSSR count). The summed E-state index contributed by atoms with van der Waals surface area (Å²) in [4.78, 5) is 0. The van der Waals surface area contributed by atoms with Crippen molar-refractivity contribution in [3.63, 3.8) is 0 Å². The molecule has 3 N–H and O–H groups in total. The van der Waals surface area contributed by atoms with Crippen LogP contribution in [0.2, 0.25) is 0 Å². The van der Waals surface area contributed by atoms with Gasteiger partial charge in [-0.25, -0.2) is 8.42 Å². The topological polar surface area (TPSA) is 81.4 Å². The van der Waals surface area contributed by atoms with Gasteiger partial charge < -0.3 is 10.5 Å². The molecule has 0 atom stereocenters. The molecule has 1 aromatic rings. The number of rotatable bonds is 6. The minimum atomic E-state index is -3.31. The van der Waals surface area contributed by atoms with Crippen LogP contribution in [-0.4, -0.2) is 21.3 Å². The Morgan fingerprint density at radius 3 is 2.56 bits per heavy atom. The Balaban J connectivity index is 2.75. The van der Waals surface area contributed by atoms with Gasteiger partial charge in [-0.2, -0.15) is 0 Å². The van der Waals surface area contributed by atoms with Crippen molar-refractivity contribution in [2.45, 2.75) is 20.3 Å². The quantitative estimate of drug-likeness (QED) is 0.777. The number of hydrogen-bond donors (Lipinski definition) is 2. The SMILES string of the molecule is COc1ccc(NS(=O)(=O)CCC(C)C)cc1N. The van der Waals surface area contributed by atoms with Gasteiger partial charge in [0.05, 0.1) is 24.2 Å². The molecule has 0 aliphatic heterocycles. The van der Waals surface area contributed by atoms with E-state index in [1.807, 2.05) is 13.8 Å². The van der Waals surface area contributed by atoms with Gasteiger partial charge in [0.15, 0.2) is 0 Å². The molecule has 0 saturated heterocycles. The van der Waals surface area contributed by atoms with Crippen LogP contribution in [0.25, 0.3) is 0 Å². The van der Waals surface area contributed by atoms with Crippen LogP contribution in [0, 0.1) is 5.92 Å². The summed E-state index contributed by atoms with van der Waals surface area (Å²) in [6.45, 7) is 3.97. The molecule has 0 spiro atoms. The van der Waals surface area contributed by atoms with Crippen molar-refractivity contribution >= 4 is 21.4 Å². The first kappa shape index (κ1) is 14.6. The Labute approximate surface area is 108 Å². The Morgan fingerprint density at radius 2 is 2.06 bits per heavy atom. The molecule has 0 heterocycles. The van der Waals surface area contributed by atoms with Crippen molar-refractivity contribution in [2.24, 2.45) is 5.92 Å². The Hall–Kier alpha value is -1.43. The first-order valence-electron chi connectivity index (χ1n) is 5.78. The van der Waals surface area contributed by atoms with E-state index in [4.69, 9.17) is 10.5 Å². The maximum Gasteiger partial charge on any atom is 0.232 e. The predicted octanol–water partition coefficient (Wildman–Crippen LogP) is 2.07. The van der Waals surface area contributed by atoms with Gasteiger partial charge in [-0.15, -0.1) is 0 Å². The van der Waals surface area contributed by atoms with Crippen molar-refractivity contribution in [3.8, 4) is 5.75 Å². The molecular formula is C12H20N2O3S. The summed E-state index contributed by atoms with van der Waals surface area (Å²) in [6, 6.07) is 4.81. The van der Waals surface area contributed by atoms with Gasteiger partial charge in [-0.1, -0.05) is 13.8 Å². The monoisotopic (exact) mass is 272 g/mol. The van der Waals surface area contributed by atoms with Crippen LogP contribution in [0.15, 0.2) is 18.2 Å². The van der Waals surface area contributed by atoms with E-state index >= 15 is 0 Å². The number of nitrogen functional groups attached to an aromatic ring is 1. The fourth-order valence-corrected chi connectivity index (χ4v) is 2.79. The van der Waals surface area contributed by atoms with Gasteiger partial charge >= 0.3 is 0 Å². The van der Waals surface area contributed by atoms with Crippen LogP contribution >= 0.6 is 0 Å². The van der Waals surface area contributed by atoms with E-state index < -0.39 is 10.0 Å². The molecule has 6 heteroatoms. The normalized spacial score (nSPS) is 11.6. The maximum atomic E-state index is 11.8. The molecule has 5 nitrogen and oxygen atoms in total. The highest BCUT2D eigenvalue weighted by Gasteiger charge is 2.12. The minimum Gasteiger partial charge on any atom is -0.495 e. The molecule has 0 unspecified atom stereocenters. The number of sulfonamides is 1. The van der Waals surface area contributed by atoms with E-state index in [1.165, 1.54) is 7.11 Å². The van der Waals surface area contributed by atoms with Crippen molar-refractivity contribution in [3.05, 3.63) is 18.2 Å². The predicted molar refractivity (Wildman–Crippen MR) is 74.3 cm³/mol. The third-order valence-electron chi connectivity index (χ3n) is 2.47. The van der Waals surface area contributed by atoms with Crippen LogP contribution in [0.3, 0.4) is 0 Å². The Bertz CT molecular complexity index is 498. The van der Waals surface area contributed by atoms with Crippen molar-refractivity contribution < 1.29 is 13.2 Å². The second-order valence-electron chi connectivity index (χ2n) is 4.56. The molecule has 0 fully saturated rings. The Kier molecular flexibility index (Phi) is 4.84. The lowest BCUT2D eigenvalue weighted by Gasteiger charge is -2.11. The van der Waals surface area contributed by atoms with E-state index in [-0.39, 0.29) is 5.75 Å². The second kappa shape index (κ2) is 5.95. The fraction of sp³-hybridized carbons (Fsp3) is 0.500. The fourth-order valence-electron chi connectivity index (χ4n) is 1.42. The molecule has 0 amide bonds. The van der Waals surface area contributed by atoms with Crippen molar-refractivity contribution in [1.29, 1.82) is 0 Å². The molecule has 102 valence electrons. The van der Waals surface area contributed by atoms with Crippen LogP contribution < -0.4 is 15.2 Å². The largest absolute Gasteiger partial charge is 0.495 e. The van der Waals surface area contributed by atoms with E-state index in [0.717, 1.165) is 0 Å². The lowest BCUT2D eigenvalue weighted by molar-refractivity contribution is 0.417. The van der Waals surface area contributed by atoms with Crippen molar-refractivity contribution in [1.82, 2.24) is 0 Å². The highest BCUT2D eigenvalue weighted by atomic mass is 32.2. The lowest BCUT2D eigenvalue weighted by atomic mass is 10.2. The van der Waals surface area contributed by atoms with Gasteiger partial charge in [-0.05, 0) is 30.5 Å². The van der Waals surface area contributed by atoms with E-state index in [0.29, 0.717) is 29.5 Å². The maximum absolute atomic E-state index is 11.8. The van der Waals surface area contributed by atoms with E-state index in [1.54, 1.807) is 18.2 Å².